The molecule has 0 spiro atoms. The van der Waals surface area contributed by atoms with Crippen LogP contribution in [0.3, 0.4) is 0 Å². The minimum Gasteiger partial charge on any atom is -0.490 e. The van der Waals surface area contributed by atoms with Crippen molar-refractivity contribution >= 4 is 6.16 Å². The summed E-state index contributed by atoms with van der Waals surface area (Å²) in [5.74, 6) is 0.760. The van der Waals surface area contributed by atoms with Gasteiger partial charge >= 0.3 is 6.16 Å². The Bertz CT molecular complexity index is 309. The Morgan fingerprint density at radius 2 is 2.14 bits per heavy atom. The average Bonchev–Trinajstić information content (AvgIpc) is 2.63. The Morgan fingerprint density at radius 1 is 1.36 bits per heavy atom. The number of rotatable bonds is 3. The van der Waals surface area contributed by atoms with Crippen molar-refractivity contribution in [2.75, 3.05) is 13.2 Å². The third kappa shape index (κ3) is 2.16. The molecule has 0 unspecified atom stereocenters. The highest BCUT2D eigenvalue weighted by Gasteiger charge is 2.25. The summed E-state index contributed by atoms with van der Waals surface area (Å²) in [6.07, 6.45) is -0.908. The maximum atomic E-state index is 10.6. The smallest absolute Gasteiger partial charge is 0.490 e. The van der Waals surface area contributed by atoms with Crippen LogP contribution in [0.25, 0.3) is 0 Å². The Kier molecular flexibility index (Phi) is 2.53. The largest absolute Gasteiger partial charge is 0.508 e. The summed E-state index contributed by atoms with van der Waals surface area (Å²) in [6.45, 7) is 0.599. The number of hydrogen-bond acceptors (Lipinski definition) is 4. The molecular weight excluding hydrogens is 184 g/mol. The number of carbonyl (C=O) groups excluding carboxylic acids is 1. The molecule has 1 fully saturated rings. The number of hydrogen-bond donors (Lipinski definition) is 0. The molecule has 2 rings (SSSR count). The van der Waals surface area contributed by atoms with Crippen LogP contribution < -0.4 is 4.74 Å². The van der Waals surface area contributed by atoms with Crippen LogP contribution in [0.4, 0.5) is 4.79 Å². The van der Waals surface area contributed by atoms with E-state index in [9.17, 15) is 4.79 Å². The molecule has 4 nitrogen and oxygen atoms in total. The predicted octanol–water partition coefficient (Wildman–Crippen LogP) is 1.60. The van der Waals surface area contributed by atoms with Crippen molar-refractivity contribution in [1.82, 2.24) is 0 Å². The minimum absolute atomic E-state index is 0.270. The lowest BCUT2D eigenvalue weighted by atomic mass is 10.3. The van der Waals surface area contributed by atoms with E-state index in [1.54, 1.807) is 0 Å². The van der Waals surface area contributed by atoms with Gasteiger partial charge in [0.05, 0.1) is 0 Å². The van der Waals surface area contributed by atoms with E-state index in [1.165, 1.54) is 0 Å². The molecule has 74 valence electrons. The summed E-state index contributed by atoms with van der Waals surface area (Å²) in [4.78, 5) is 10.6. The van der Waals surface area contributed by atoms with Crippen LogP contribution in [0.1, 0.15) is 0 Å². The summed E-state index contributed by atoms with van der Waals surface area (Å²) < 4.78 is 14.8. The highest BCUT2D eigenvalue weighted by Crippen LogP contribution is 2.11. The molecule has 0 radical (unpaired) electrons. The van der Waals surface area contributed by atoms with Crippen molar-refractivity contribution < 1.29 is 19.0 Å². The fraction of sp³-hybridized carbons (Fsp3) is 0.300. The first-order valence-electron chi connectivity index (χ1n) is 4.36. The molecule has 1 saturated heterocycles. The molecule has 0 aromatic heterocycles. The molecule has 1 atom stereocenters. The van der Waals surface area contributed by atoms with E-state index in [1.807, 2.05) is 30.3 Å². The van der Waals surface area contributed by atoms with Crippen molar-refractivity contribution in [2.24, 2.45) is 0 Å². The Balaban J connectivity index is 1.80. The third-order valence-electron chi connectivity index (χ3n) is 1.83. The van der Waals surface area contributed by atoms with Crippen molar-refractivity contribution in [2.45, 2.75) is 6.10 Å². The van der Waals surface area contributed by atoms with Gasteiger partial charge in [0, 0.05) is 0 Å². The van der Waals surface area contributed by atoms with Gasteiger partial charge in [-0.25, -0.2) is 4.79 Å². The molecule has 1 aromatic rings. The highest BCUT2D eigenvalue weighted by atomic mass is 16.8. The van der Waals surface area contributed by atoms with Gasteiger partial charge in [-0.3, -0.25) is 0 Å². The molecule has 0 saturated carbocycles. The first-order valence-corrected chi connectivity index (χ1v) is 4.36. The van der Waals surface area contributed by atoms with Crippen LogP contribution in [0, 0.1) is 0 Å². The van der Waals surface area contributed by atoms with Crippen LogP contribution in [-0.4, -0.2) is 25.5 Å². The van der Waals surface area contributed by atoms with E-state index in [2.05, 4.69) is 4.74 Å². The molecule has 1 heterocycles. The third-order valence-corrected chi connectivity index (χ3v) is 1.83. The van der Waals surface area contributed by atoms with E-state index >= 15 is 0 Å². The second-order valence-electron chi connectivity index (χ2n) is 2.92. The predicted molar refractivity (Wildman–Crippen MR) is 48.2 cm³/mol. The normalized spacial score (nSPS) is 20.0. The van der Waals surface area contributed by atoms with Gasteiger partial charge in [-0.2, -0.15) is 0 Å². The summed E-state index contributed by atoms with van der Waals surface area (Å²) in [5, 5.41) is 0. The number of cyclic esters (lactones) is 2. The second kappa shape index (κ2) is 4.00. The molecule has 1 aromatic carbocycles. The van der Waals surface area contributed by atoms with Gasteiger partial charge in [0.2, 0.25) is 0 Å². The number of ether oxygens (including phenoxy) is 3. The van der Waals surface area contributed by atoms with Gasteiger partial charge in [-0.1, -0.05) is 18.2 Å². The van der Waals surface area contributed by atoms with Gasteiger partial charge in [0.25, 0.3) is 0 Å². The fourth-order valence-electron chi connectivity index (χ4n) is 1.15. The van der Waals surface area contributed by atoms with E-state index in [0.717, 1.165) is 5.75 Å². The minimum atomic E-state index is -0.619. The zero-order chi connectivity index (χ0) is 9.80. The molecule has 4 heteroatoms. The quantitative estimate of drug-likeness (QED) is 0.685. The van der Waals surface area contributed by atoms with Crippen LogP contribution >= 0.6 is 0 Å². The summed E-state index contributed by atoms with van der Waals surface area (Å²) in [6, 6.07) is 9.36. The van der Waals surface area contributed by atoms with Crippen LogP contribution in [0.15, 0.2) is 30.3 Å². The van der Waals surface area contributed by atoms with Crippen molar-refractivity contribution in [3.8, 4) is 5.75 Å². The summed E-state index contributed by atoms with van der Waals surface area (Å²) in [7, 11) is 0. The van der Waals surface area contributed by atoms with Crippen LogP contribution in [0.5, 0.6) is 5.75 Å². The Labute approximate surface area is 81.4 Å². The molecule has 1 aliphatic heterocycles. The molecule has 0 N–H and O–H groups in total. The topological polar surface area (TPSA) is 44.8 Å². The highest BCUT2D eigenvalue weighted by molar-refractivity contribution is 5.61. The molecule has 1 aliphatic rings. The zero-order valence-corrected chi connectivity index (χ0v) is 7.51. The zero-order valence-electron chi connectivity index (χ0n) is 7.51. The standard InChI is InChI=1S/C10H10O4/c11-10-13-7-9(14-10)6-12-8-4-2-1-3-5-8/h1-5,9H,6-7H2/t9-/m1/s1. The van der Waals surface area contributed by atoms with Crippen molar-refractivity contribution in [3.05, 3.63) is 30.3 Å². The molecule has 0 aliphatic carbocycles. The summed E-state index contributed by atoms with van der Waals surface area (Å²) in [5.41, 5.74) is 0. The van der Waals surface area contributed by atoms with Gasteiger partial charge in [0.15, 0.2) is 6.10 Å². The van der Waals surface area contributed by atoms with Crippen molar-refractivity contribution in [3.63, 3.8) is 0 Å². The fourth-order valence-corrected chi connectivity index (χ4v) is 1.15. The monoisotopic (exact) mass is 194 g/mol. The van der Waals surface area contributed by atoms with Crippen molar-refractivity contribution in [1.29, 1.82) is 0 Å². The SMILES string of the molecule is O=C1OC[C@@H](COc2ccccc2)O1. The lowest BCUT2D eigenvalue weighted by molar-refractivity contribution is 0.0983. The Morgan fingerprint density at radius 3 is 2.79 bits per heavy atom. The number of carbonyl (C=O) groups is 1. The molecule has 0 bridgehead atoms. The van der Waals surface area contributed by atoms with Crippen LogP contribution in [0.2, 0.25) is 0 Å². The van der Waals surface area contributed by atoms with Gasteiger partial charge < -0.3 is 14.2 Å². The number of benzene rings is 1. The second-order valence-corrected chi connectivity index (χ2v) is 2.92. The lowest BCUT2D eigenvalue weighted by Gasteiger charge is -2.08. The van der Waals surface area contributed by atoms with Gasteiger partial charge in [0.1, 0.15) is 19.0 Å². The first-order chi connectivity index (χ1) is 6.84. The van der Waals surface area contributed by atoms with Crippen LogP contribution in [-0.2, 0) is 9.47 Å². The average molecular weight is 194 g/mol. The van der Waals surface area contributed by atoms with Gasteiger partial charge in [-0.15, -0.1) is 0 Å². The first kappa shape index (κ1) is 8.87. The lowest BCUT2D eigenvalue weighted by Crippen LogP contribution is -2.19. The van der Waals surface area contributed by atoms with E-state index in [-0.39, 0.29) is 12.7 Å². The maximum absolute atomic E-state index is 10.6. The van der Waals surface area contributed by atoms with E-state index in [0.29, 0.717) is 6.61 Å². The molecule has 14 heavy (non-hydrogen) atoms. The molecular formula is C10H10O4. The van der Waals surface area contributed by atoms with E-state index in [4.69, 9.17) is 9.47 Å². The summed E-state index contributed by atoms with van der Waals surface area (Å²) >= 11 is 0. The van der Waals surface area contributed by atoms with E-state index < -0.39 is 6.16 Å². The maximum Gasteiger partial charge on any atom is 0.508 e. The van der Waals surface area contributed by atoms with Gasteiger partial charge in [-0.05, 0) is 12.1 Å². The Hall–Kier alpha value is -1.71. The number of para-hydroxylation sites is 1. The molecule has 0 amide bonds.